The van der Waals surface area contributed by atoms with Gasteiger partial charge >= 0.3 is 5.97 Å². The van der Waals surface area contributed by atoms with Crippen LogP contribution in [0.15, 0.2) is 24.3 Å². The average molecular weight is 285 g/mol. The summed E-state index contributed by atoms with van der Waals surface area (Å²) in [5, 5.41) is 10.5. The van der Waals surface area contributed by atoms with Crippen molar-refractivity contribution >= 4 is 16.9 Å². The summed E-state index contributed by atoms with van der Waals surface area (Å²) in [6, 6.07) is 7.97. The summed E-state index contributed by atoms with van der Waals surface area (Å²) in [5.74, 6) is -0.0600. The molecule has 0 unspecified atom stereocenters. The second kappa shape index (κ2) is 5.92. The lowest BCUT2D eigenvalue weighted by Crippen LogP contribution is -2.13. The summed E-state index contributed by atoms with van der Waals surface area (Å²) < 4.78 is 2.00. The average Bonchev–Trinajstić information content (AvgIpc) is 2.84. The zero-order valence-corrected chi connectivity index (χ0v) is 12.6. The van der Waals surface area contributed by atoms with Crippen LogP contribution in [0.2, 0.25) is 0 Å². The molecule has 1 aromatic carbocycles. The van der Waals surface area contributed by atoms with Gasteiger partial charge in [-0.3, -0.25) is 0 Å². The van der Waals surface area contributed by atoms with Crippen molar-refractivity contribution in [2.75, 3.05) is 0 Å². The molecule has 3 rings (SSSR count). The van der Waals surface area contributed by atoms with Crippen molar-refractivity contribution in [2.24, 2.45) is 5.92 Å². The van der Waals surface area contributed by atoms with Gasteiger partial charge in [-0.15, -0.1) is 0 Å². The number of aryl methyl sites for hydroxylation is 2. The van der Waals surface area contributed by atoms with E-state index in [4.69, 9.17) is 0 Å². The van der Waals surface area contributed by atoms with Gasteiger partial charge in [0.25, 0.3) is 0 Å². The molecule has 0 amide bonds. The number of aromatic carboxylic acids is 1. The fourth-order valence-corrected chi connectivity index (χ4v) is 3.57. The number of carboxylic acid groups (broad SMARTS) is 1. The first-order chi connectivity index (χ1) is 10.1. The molecule has 1 fully saturated rings. The topological polar surface area (TPSA) is 42.2 Å². The van der Waals surface area contributed by atoms with Crippen molar-refractivity contribution in [1.82, 2.24) is 4.57 Å². The molecule has 0 radical (unpaired) electrons. The Hall–Kier alpha value is -1.77. The molecule has 112 valence electrons. The molecule has 0 aliphatic heterocycles. The second-order valence-electron chi connectivity index (χ2n) is 6.34. The first-order valence-electron chi connectivity index (χ1n) is 7.98. The van der Waals surface area contributed by atoms with E-state index in [2.05, 4.69) is 13.0 Å². The lowest BCUT2D eigenvalue weighted by molar-refractivity contribution is 0.0685. The molecule has 1 aliphatic carbocycles. The van der Waals surface area contributed by atoms with E-state index in [1.165, 1.54) is 37.7 Å². The highest BCUT2D eigenvalue weighted by Gasteiger charge is 2.17. The molecule has 0 atom stereocenters. The van der Waals surface area contributed by atoms with Gasteiger partial charge in [0.2, 0.25) is 0 Å². The zero-order chi connectivity index (χ0) is 14.8. The molecule has 3 nitrogen and oxygen atoms in total. The minimum absolute atomic E-state index is 0.423. The molecule has 0 spiro atoms. The summed E-state index contributed by atoms with van der Waals surface area (Å²) >= 11 is 0. The van der Waals surface area contributed by atoms with Crippen molar-refractivity contribution in [2.45, 2.75) is 52.0 Å². The third-order valence-corrected chi connectivity index (χ3v) is 4.76. The maximum absolute atomic E-state index is 11.5. The Morgan fingerprint density at radius 1 is 1.24 bits per heavy atom. The van der Waals surface area contributed by atoms with Crippen LogP contribution in [0.1, 0.15) is 54.6 Å². The highest BCUT2D eigenvalue weighted by atomic mass is 16.4. The van der Waals surface area contributed by atoms with Gasteiger partial charge in [0.1, 0.15) is 5.69 Å². The standard InChI is InChI=1S/C18H23NO2/c1-13-7-8-15-12-17(18(20)21)19(16(15)11-13)10-9-14-5-3-2-4-6-14/h7-8,11-12,14H,2-6,9-10H2,1H3,(H,20,21). The van der Waals surface area contributed by atoms with Gasteiger partial charge in [-0.25, -0.2) is 4.79 Å². The Bertz CT molecular complexity index is 651. The van der Waals surface area contributed by atoms with E-state index in [-0.39, 0.29) is 0 Å². The lowest BCUT2D eigenvalue weighted by atomic mass is 9.87. The smallest absolute Gasteiger partial charge is 0.352 e. The summed E-state index contributed by atoms with van der Waals surface area (Å²) in [6.45, 7) is 2.87. The fraction of sp³-hybridized carbons (Fsp3) is 0.500. The number of hydrogen-bond acceptors (Lipinski definition) is 1. The number of fused-ring (bicyclic) bond motifs is 1. The van der Waals surface area contributed by atoms with E-state index < -0.39 is 5.97 Å². The number of hydrogen-bond donors (Lipinski definition) is 1. The summed E-state index contributed by atoms with van der Waals surface area (Å²) in [6.07, 6.45) is 7.74. The van der Waals surface area contributed by atoms with Crippen molar-refractivity contribution in [3.8, 4) is 0 Å². The molecule has 1 aromatic heterocycles. The highest BCUT2D eigenvalue weighted by Crippen LogP contribution is 2.28. The van der Waals surface area contributed by atoms with Crippen molar-refractivity contribution < 1.29 is 9.90 Å². The van der Waals surface area contributed by atoms with Gasteiger partial charge in [0, 0.05) is 17.4 Å². The SMILES string of the molecule is Cc1ccc2cc(C(=O)O)n(CCC3CCCCC3)c2c1. The Labute approximate surface area is 125 Å². The van der Waals surface area contributed by atoms with Crippen LogP contribution in [0.4, 0.5) is 0 Å². The number of aromatic nitrogens is 1. The molecule has 1 heterocycles. The van der Waals surface area contributed by atoms with Crippen LogP contribution in [-0.4, -0.2) is 15.6 Å². The van der Waals surface area contributed by atoms with Crippen LogP contribution in [-0.2, 0) is 6.54 Å². The number of nitrogens with zero attached hydrogens (tertiary/aromatic N) is 1. The third kappa shape index (κ3) is 2.97. The number of carboxylic acids is 1. The summed E-state index contributed by atoms with van der Waals surface area (Å²) in [5.41, 5.74) is 2.66. The van der Waals surface area contributed by atoms with Crippen molar-refractivity contribution in [3.05, 3.63) is 35.5 Å². The summed E-state index contributed by atoms with van der Waals surface area (Å²) in [4.78, 5) is 11.5. The molecule has 1 saturated carbocycles. The second-order valence-corrected chi connectivity index (χ2v) is 6.34. The number of rotatable bonds is 4. The maximum Gasteiger partial charge on any atom is 0.352 e. The molecule has 3 heteroatoms. The van der Waals surface area contributed by atoms with E-state index in [0.717, 1.165) is 29.8 Å². The van der Waals surface area contributed by atoms with E-state index in [9.17, 15) is 9.90 Å². The molecule has 1 N–H and O–H groups in total. The molecular weight excluding hydrogens is 262 g/mol. The Kier molecular flexibility index (Phi) is 4.00. The quantitative estimate of drug-likeness (QED) is 0.890. The largest absolute Gasteiger partial charge is 0.477 e. The monoisotopic (exact) mass is 285 g/mol. The van der Waals surface area contributed by atoms with E-state index in [0.29, 0.717) is 5.69 Å². The normalized spacial score (nSPS) is 16.4. The van der Waals surface area contributed by atoms with Gasteiger partial charge in [-0.05, 0) is 37.0 Å². The predicted molar refractivity (Wildman–Crippen MR) is 84.8 cm³/mol. The van der Waals surface area contributed by atoms with Crippen LogP contribution in [0, 0.1) is 12.8 Å². The van der Waals surface area contributed by atoms with Crippen molar-refractivity contribution in [1.29, 1.82) is 0 Å². The van der Waals surface area contributed by atoms with Crippen molar-refractivity contribution in [3.63, 3.8) is 0 Å². The third-order valence-electron chi connectivity index (χ3n) is 4.76. The van der Waals surface area contributed by atoms with Crippen LogP contribution >= 0.6 is 0 Å². The fourth-order valence-electron chi connectivity index (χ4n) is 3.57. The maximum atomic E-state index is 11.5. The first kappa shape index (κ1) is 14.2. The van der Waals surface area contributed by atoms with Gasteiger partial charge in [-0.1, -0.05) is 44.2 Å². The zero-order valence-electron chi connectivity index (χ0n) is 12.6. The van der Waals surface area contributed by atoms with E-state index in [1.807, 2.05) is 16.7 Å². The molecule has 0 saturated heterocycles. The predicted octanol–water partition coefficient (Wildman–Crippen LogP) is 4.62. The highest BCUT2D eigenvalue weighted by molar-refractivity contribution is 5.94. The first-order valence-corrected chi connectivity index (χ1v) is 7.98. The molecule has 0 bridgehead atoms. The molecular formula is C18H23NO2. The molecule has 2 aromatic rings. The van der Waals surface area contributed by atoms with Crippen LogP contribution in [0.25, 0.3) is 10.9 Å². The minimum atomic E-state index is -0.826. The number of benzene rings is 1. The van der Waals surface area contributed by atoms with Gasteiger partial charge in [0.15, 0.2) is 0 Å². The minimum Gasteiger partial charge on any atom is -0.477 e. The number of carbonyl (C=O) groups is 1. The summed E-state index contributed by atoms with van der Waals surface area (Å²) in [7, 11) is 0. The Morgan fingerprint density at radius 2 is 2.00 bits per heavy atom. The Morgan fingerprint density at radius 3 is 2.71 bits per heavy atom. The van der Waals surface area contributed by atoms with Crippen LogP contribution in [0.3, 0.4) is 0 Å². The van der Waals surface area contributed by atoms with Crippen LogP contribution < -0.4 is 0 Å². The van der Waals surface area contributed by atoms with E-state index >= 15 is 0 Å². The van der Waals surface area contributed by atoms with Gasteiger partial charge in [0.05, 0.1) is 0 Å². The Balaban J connectivity index is 1.89. The molecule has 21 heavy (non-hydrogen) atoms. The van der Waals surface area contributed by atoms with Gasteiger partial charge in [-0.2, -0.15) is 0 Å². The van der Waals surface area contributed by atoms with Crippen LogP contribution in [0.5, 0.6) is 0 Å². The van der Waals surface area contributed by atoms with E-state index in [1.54, 1.807) is 6.07 Å². The lowest BCUT2D eigenvalue weighted by Gasteiger charge is -2.22. The van der Waals surface area contributed by atoms with Gasteiger partial charge < -0.3 is 9.67 Å². The molecule has 1 aliphatic rings.